The largest absolute Gasteiger partial charge is 0.476 e. The topological polar surface area (TPSA) is 57.8 Å². The minimum atomic E-state index is -0.984. The van der Waals surface area contributed by atoms with Gasteiger partial charge in [-0.1, -0.05) is 0 Å². The van der Waals surface area contributed by atoms with Crippen LogP contribution in [0.25, 0.3) is 5.65 Å². The third-order valence-electron chi connectivity index (χ3n) is 3.66. The van der Waals surface area contributed by atoms with Gasteiger partial charge in [0.15, 0.2) is 5.69 Å². The first-order valence-corrected chi connectivity index (χ1v) is 6.63. The molecule has 5 nitrogen and oxygen atoms in total. The Labute approximate surface area is 111 Å². The van der Waals surface area contributed by atoms with E-state index in [1.165, 1.54) is 19.3 Å². The second-order valence-corrected chi connectivity index (χ2v) is 5.09. The van der Waals surface area contributed by atoms with Gasteiger partial charge in [0.05, 0.1) is 5.69 Å². The Kier molecular flexibility index (Phi) is 2.89. The number of pyridine rings is 1. The van der Waals surface area contributed by atoms with Crippen LogP contribution >= 0.6 is 0 Å². The molecular weight excluding hydrogens is 242 g/mol. The number of hydrogen-bond donors (Lipinski definition) is 1. The summed E-state index contributed by atoms with van der Waals surface area (Å²) in [7, 11) is 0. The van der Waals surface area contributed by atoms with Gasteiger partial charge in [-0.3, -0.25) is 0 Å². The zero-order valence-electron chi connectivity index (χ0n) is 11.0. The molecule has 0 spiro atoms. The molecule has 5 heteroatoms. The summed E-state index contributed by atoms with van der Waals surface area (Å²) in [4.78, 5) is 17.5. The molecule has 3 rings (SSSR count). The van der Waals surface area contributed by atoms with Gasteiger partial charge >= 0.3 is 5.97 Å². The van der Waals surface area contributed by atoms with Crippen LogP contribution in [0, 0.1) is 6.92 Å². The van der Waals surface area contributed by atoms with Crippen LogP contribution in [0.5, 0.6) is 0 Å². The van der Waals surface area contributed by atoms with Crippen molar-refractivity contribution in [2.75, 3.05) is 18.0 Å². The minimum absolute atomic E-state index is 0.0962. The monoisotopic (exact) mass is 259 g/mol. The van der Waals surface area contributed by atoms with Gasteiger partial charge in [-0.2, -0.15) is 0 Å². The lowest BCUT2D eigenvalue weighted by Crippen LogP contribution is -2.29. The number of rotatable bonds is 2. The third-order valence-corrected chi connectivity index (χ3v) is 3.66. The van der Waals surface area contributed by atoms with Crippen molar-refractivity contribution in [3.63, 3.8) is 0 Å². The number of carbonyl (C=O) groups is 1. The molecule has 1 N–H and O–H groups in total. The van der Waals surface area contributed by atoms with Crippen LogP contribution in [0.15, 0.2) is 18.5 Å². The fourth-order valence-electron chi connectivity index (χ4n) is 2.68. The van der Waals surface area contributed by atoms with Crippen LogP contribution < -0.4 is 4.90 Å². The molecule has 0 unspecified atom stereocenters. The summed E-state index contributed by atoms with van der Waals surface area (Å²) >= 11 is 0. The van der Waals surface area contributed by atoms with Crippen LogP contribution in [0.3, 0.4) is 0 Å². The Balaban J connectivity index is 2.05. The molecule has 0 atom stereocenters. The maximum atomic E-state index is 11.0. The number of hydrogen-bond acceptors (Lipinski definition) is 3. The average molecular weight is 259 g/mol. The minimum Gasteiger partial charge on any atom is -0.476 e. The van der Waals surface area contributed by atoms with E-state index in [1.807, 2.05) is 17.5 Å². The Morgan fingerprint density at radius 2 is 2.00 bits per heavy atom. The number of aromatic carboxylic acids is 1. The van der Waals surface area contributed by atoms with Crippen molar-refractivity contribution in [1.29, 1.82) is 0 Å². The zero-order valence-corrected chi connectivity index (χ0v) is 11.0. The first-order valence-electron chi connectivity index (χ1n) is 6.63. The molecule has 1 fully saturated rings. The van der Waals surface area contributed by atoms with Crippen molar-refractivity contribution in [1.82, 2.24) is 9.38 Å². The van der Waals surface area contributed by atoms with Gasteiger partial charge in [-0.05, 0) is 37.8 Å². The highest BCUT2D eigenvalue weighted by Crippen LogP contribution is 2.23. The normalized spacial score (nSPS) is 15.9. The summed E-state index contributed by atoms with van der Waals surface area (Å²) < 4.78 is 1.82. The van der Waals surface area contributed by atoms with Gasteiger partial charge < -0.3 is 14.4 Å². The first kappa shape index (κ1) is 12.0. The molecule has 3 heterocycles. The lowest BCUT2D eigenvalue weighted by molar-refractivity contribution is 0.0691. The smallest absolute Gasteiger partial charge is 0.356 e. The first-order chi connectivity index (χ1) is 9.15. The van der Waals surface area contributed by atoms with Gasteiger partial charge in [0.2, 0.25) is 0 Å². The predicted octanol–water partition coefficient (Wildman–Crippen LogP) is 2.33. The Morgan fingerprint density at radius 3 is 2.68 bits per heavy atom. The van der Waals surface area contributed by atoms with Gasteiger partial charge in [0, 0.05) is 25.5 Å². The van der Waals surface area contributed by atoms with Crippen molar-refractivity contribution in [3.05, 3.63) is 29.7 Å². The molecule has 0 aromatic carbocycles. The highest BCUT2D eigenvalue weighted by molar-refractivity contribution is 5.86. The van der Waals surface area contributed by atoms with Crippen LogP contribution in [0.1, 0.15) is 35.3 Å². The van der Waals surface area contributed by atoms with Crippen molar-refractivity contribution in [2.24, 2.45) is 0 Å². The van der Waals surface area contributed by atoms with Gasteiger partial charge in [-0.15, -0.1) is 0 Å². The average Bonchev–Trinajstić information content (AvgIpc) is 2.84. The van der Waals surface area contributed by atoms with E-state index >= 15 is 0 Å². The van der Waals surface area contributed by atoms with E-state index in [1.54, 1.807) is 6.20 Å². The molecule has 1 aliphatic rings. The maximum absolute atomic E-state index is 11.0. The standard InChI is InChI=1S/C14H17N3O2/c1-10-7-11(16-5-3-2-4-6-16)8-17-9-12(14(18)19)15-13(10)17/h7-9H,2-6H2,1H3,(H,18,19). The summed E-state index contributed by atoms with van der Waals surface area (Å²) in [6.45, 7) is 4.12. The Bertz CT molecular complexity index is 627. The van der Waals surface area contributed by atoms with Crippen LogP contribution in [-0.2, 0) is 0 Å². The van der Waals surface area contributed by atoms with Crippen molar-refractivity contribution in [3.8, 4) is 0 Å². The zero-order chi connectivity index (χ0) is 13.4. The van der Waals surface area contributed by atoms with E-state index in [9.17, 15) is 4.79 Å². The van der Waals surface area contributed by atoms with Crippen LogP contribution in [-0.4, -0.2) is 33.6 Å². The lowest BCUT2D eigenvalue weighted by atomic mass is 10.1. The summed E-state index contributed by atoms with van der Waals surface area (Å²) in [6, 6.07) is 2.10. The van der Waals surface area contributed by atoms with Crippen molar-refractivity contribution < 1.29 is 9.90 Å². The molecule has 0 radical (unpaired) electrons. The fourth-order valence-corrected chi connectivity index (χ4v) is 2.68. The highest BCUT2D eigenvalue weighted by atomic mass is 16.4. The van der Waals surface area contributed by atoms with E-state index in [0.29, 0.717) is 0 Å². The molecule has 1 aliphatic heterocycles. The second-order valence-electron chi connectivity index (χ2n) is 5.09. The molecule has 2 aromatic heterocycles. The molecule has 0 aliphatic carbocycles. The van der Waals surface area contributed by atoms with E-state index in [0.717, 1.165) is 30.0 Å². The number of carboxylic acids is 1. The number of carboxylic acid groups (broad SMARTS) is 1. The fraction of sp³-hybridized carbons (Fsp3) is 0.429. The lowest BCUT2D eigenvalue weighted by Gasteiger charge is -2.29. The molecular formula is C14H17N3O2. The number of aryl methyl sites for hydroxylation is 1. The summed E-state index contributed by atoms with van der Waals surface area (Å²) in [5, 5.41) is 9.01. The molecule has 19 heavy (non-hydrogen) atoms. The SMILES string of the molecule is Cc1cc(N2CCCCC2)cn2cc(C(=O)O)nc12. The van der Waals surface area contributed by atoms with E-state index in [2.05, 4.69) is 16.0 Å². The highest BCUT2D eigenvalue weighted by Gasteiger charge is 2.15. The Hall–Kier alpha value is -2.04. The maximum Gasteiger partial charge on any atom is 0.356 e. The van der Waals surface area contributed by atoms with Gasteiger partial charge in [-0.25, -0.2) is 9.78 Å². The summed E-state index contributed by atoms with van der Waals surface area (Å²) in [5.74, 6) is -0.984. The van der Waals surface area contributed by atoms with E-state index in [-0.39, 0.29) is 5.69 Å². The Morgan fingerprint density at radius 1 is 1.26 bits per heavy atom. The van der Waals surface area contributed by atoms with Crippen LogP contribution in [0.4, 0.5) is 5.69 Å². The molecule has 0 amide bonds. The second kappa shape index (κ2) is 4.57. The number of aromatic nitrogens is 2. The van der Waals surface area contributed by atoms with Crippen molar-refractivity contribution in [2.45, 2.75) is 26.2 Å². The van der Waals surface area contributed by atoms with E-state index in [4.69, 9.17) is 5.11 Å². The third kappa shape index (κ3) is 2.16. The molecule has 2 aromatic rings. The predicted molar refractivity (Wildman–Crippen MR) is 73.0 cm³/mol. The molecule has 0 bridgehead atoms. The number of piperidine rings is 1. The van der Waals surface area contributed by atoms with Crippen molar-refractivity contribution >= 4 is 17.3 Å². The van der Waals surface area contributed by atoms with Gasteiger partial charge in [0.25, 0.3) is 0 Å². The number of nitrogens with zero attached hydrogens (tertiary/aromatic N) is 3. The summed E-state index contributed by atoms with van der Waals surface area (Å²) in [5.41, 5.74) is 2.98. The van der Waals surface area contributed by atoms with E-state index < -0.39 is 5.97 Å². The van der Waals surface area contributed by atoms with Gasteiger partial charge in [0.1, 0.15) is 5.65 Å². The van der Waals surface area contributed by atoms with Crippen LogP contribution in [0.2, 0.25) is 0 Å². The molecule has 100 valence electrons. The number of fused-ring (bicyclic) bond motifs is 1. The molecule has 1 saturated heterocycles. The number of anilines is 1. The quantitative estimate of drug-likeness (QED) is 0.899. The number of imidazole rings is 1. The molecule has 0 saturated carbocycles. The summed E-state index contributed by atoms with van der Waals surface area (Å²) in [6.07, 6.45) is 7.31.